The first-order valence-electron chi connectivity index (χ1n) is 5.30. The number of aromatic nitrogens is 2. The van der Waals surface area contributed by atoms with Crippen LogP contribution in [-0.4, -0.2) is 16.7 Å². The third kappa shape index (κ3) is 2.12. The molecular weight excluding hydrogens is 205 g/mol. The topological polar surface area (TPSA) is 54.7 Å². The summed E-state index contributed by atoms with van der Waals surface area (Å²) in [5, 5.41) is 6.85. The summed E-state index contributed by atoms with van der Waals surface area (Å²) in [7, 11) is 0. The molecule has 0 radical (unpaired) electrons. The lowest BCUT2D eigenvalue weighted by molar-refractivity contribution is 0.631. The van der Waals surface area contributed by atoms with Crippen LogP contribution in [0.15, 0.2) is 30.5 Å². The van der Waals surface area contributed by atoms with Crippen LogP contribution in [0.5, 0.6) is 0 Å². The predicted molar refractivity (Wildman–Crippen MR) is 61.4 cm³/mol. The number of aromatic amines is 1. The van der Waals surface area contributed by atoms with Crippen LogP contribution in [0.3, 0.4) is 0 Å². The van der Waals surface area contributed by atoms with E-state index in [4.69, 9.17) is 5.73 Å². The first-order valence-corrected chi connectivity index (χ1v) is 5.30. The summed E-state index contributed by atoms with van der Waals surface area (Å²) in [5.41, 5.74) is 7.81. The van der Waals surface area contributed by atoms with Gasteiger partial charge in [-0.25, -0.2) is 4.39 Å². The average molecular weight is 219 g/mol. The van der Waals surface area contributed by atoms with Gasteiger partial charge in [0.2, 0.25) is 0 Å². The van der Waals surface area contributed by atoms with Crippen molar-refractivity contribution in [3.8, 4) is 11.1 Å². The van der Waals surface area contributed by atoms with Crippen molar-refractivity contribution in [2.24, 2.45) is 5.73 Å². The summed E-state index contributed by atoms with van der Waals surface area (Å²) in [6.07, 6.45) is 3.31. The van der Waals surface area contributed by atoms with Crippen LogP contribution in [0.2, 0.25) is 0 Å². The van der Waals surface area contributed by atoms with Crippen molar-refractivity contribution in [1.29, 1.82) is 0 Å². The van der Waals surface area contributed by atoms with Gasteiger partial charge in [-0.2, -0.15) is 5.10 Å². The molecule has 0 atom stereocenters. The van der Waals surface area contributed by atoms with Gasteiger partial charge in [0.15, 0.2) is 0 Å². The van der Waals surface area contributed by atoms with Gasteiger partial charge in [-0.3, -0.25) is 5.10 Å². The number of hydrogen-bond donors (Lipinski definition) is 2. The summed E-state index contributed by atoms with van der Waals surface area (Å²) in [6, 6.07) is 6.71. The zero-order valence-electron chi connectivity index (χ0n) is 8.91. The molecule has 0 aliphatic heterocycles. The monoisotopic (exact) mass is 219 g/mol. The summed E-state index contributed by atoms with van der Waals surface area (Å²) >= 11 is 0. The molecule has 16 heavy (non-hydrogen) atoms. The fourth-order valence-electron chi connectivity index (χ4n) is 1.69. The Hall–Kier alpha value is -1.68. The van der Waals surface area contributed by atoms with Gasteiger partial charge in [0.1, 0.15) is 5.82 Å². The Kier molecular flexibility index (Phi) is 3.31. The van der Waals surface area contributed by atoms with Gasteiger partial charge in [0.05, 0.1) is 6.20 Å². The van der Waals surface area contributed by atoms with Crippen LogP contribution in [-0.2, 0) is 6.42 Å². The minimum absolute atomic E-state index is 0.224. The van der Waals surface area contributed by atoms with E-state index in [1.165, 1.54) is 6.07 Å². The predicted octanol–water partition coefficient (Wildman–Crippen LogP) is 2.11. The second kappa shape index (κ2) is 4.90. The van der Waals surface area contributed by atoms with Crippen molar-refractivity contribution in [2.75, 3.05) is 6.54 Å². The van der Waals surface area contributed by atoms with Crippen molar-refractivity contribution in [3.05, 3.63) is 42.0 Å². The van der Waals surface area contributed by atoms with Crippen LogP contribution in [0.4, 0.5) is 4.39 Å². The standard InChI is InChI=1S/C12H14FN3/c13-11-5-2-1-4-9(11)10-8-15-16-12(10)6-3-7-14/h1-2,4-5,8H,3,6-7,14H2,(H,15,16). The third-order valence-corrected chi connectivity index (χ3v) is 2.51. The van der Waals surface area contributed by atoms with E-state index in [1.807, 2.05) is 6.07 Å². The minimum atomic E-state index is -0.224. The first kappa shape index (κ1) is 10.8. The molecule has 2 rings (SSSR count). The molecule has 0 bridgehead atoms. The Labute approximate surface area is 93.5 Å². The van der Waals surface area contributed by atoms with Gasteiger partial charge >= 0.3 is 0 Å². The van der Waals surface area contributed by atoms with E-state index < -0.39 is 0 Å². The van der Waals surface area contributed by atoms with Gasteiger partial charge in [0.25, 0.3) is 0 Å². The highest BCUT2D eigenvalue weighted by molar-refractivity contribution is 5.65. The fourth-order valence-corrected chi connectivity index (χ4v) is 1.69. The van der Waals surface area contributed by atoms with Crippen LogP contribution < -0.4 is 5.73 Å². The Bertz CT molecular complexity index is 465. The summed E-state index contributed by atoms with van der Waals surface area (Å²) in [6.45, 7) is 0.621. The minimum Gasteiger partial charge on any atom is -0.330 e. The number of nitrogens with two attached hydrogens (primary N) is 1. The summed E-state index contributed by atoms with van der Waals surface area (Å²) < 4.78 is 13.6. The fraction of sp³-hybridized carbons (Fsp3) is 0.250. The molecule has 1 aromatic heterocycles. The van der Waals surface area contributed by atoms with Crippen LogP contribution in [0, 0.1) is 5.82 Å². The average Bonchev–Trinajstić information content (AvgIpc) is 2.75. The van der Waals surface area contributed by atoms with Crippen LogP contribution in [0.1, 0.15) is 12.1 Å². The molecule has 0 spiro atoms. The molecule has 0 saturated carbocycles. The second-order valence-electron chi connectivity index (χ2n) is 3.63. The molecule has 1 aromatic carbocycles. The zero-order valence-corrected chi connectivity index (χ0v) is 8.91. The lowest BCUT2D eigenvalue weighted by atomic mass is 10.0. The number of halogens is 1. The lowest BCUT2D eigenvalue weighted by Gasteiger charge is -2.03. The van der Waals surface area contributed by atoms with Gasteiger partial charge in [-0.05, 0) is 25.5 Å². The normalized spacial score (nSPS) is 10.6. The highest BCUT2D eigenvalue weighted by Crippen LogP contribution is 2.25. The molecular formula is C12H14FN3. The summed E-state index contributed by atoms with van der Waals surface area (Å²) in [5.74, 6) is -0.224. The molecule has 0 fully saturated rings. The molecule has 0 aliphatic rings. The van der Waals surface area contributed by atoms with E-state index in [9.17, 15) is 4.39 Å². The SMILES string of the molecule is NCCCc1[nH]ncc1-c1ccccc1F. The molecule has 2 aromatic rings. The Morgan fingerprint density at radius 1 is 1.25 bits per heavy atom. The van der Waals surface area contributed by atoms with Gasteiger partial charge in [0, 0.05) is 16.8 Å². The maximum absolute atomic E-state index is 13.6. The molecule has 0 amide bonds. The van der Waals surface area contributed by atoms with E-state index in [2.05, 4.69) is 10.2 Å². The molecule has 84 valence electrons. The van der Waals surface area contributed by atoms with Crippen molar-refractivity contribution in [3.63, 3.8) is 0 Å². The van der Waals surface area contributed by atoms with E-state index in [-0.39, 0.29) is 5.82 Å². The van der Waals surface area contributed by atoms with E-state index in [0.717, 1.165) is 24.1 Å². The molecule has 1 heterocycles. The van der Waals surface area contributed by atoms with Gasteiger partial charge < -0.3 is 5.73 Å². The largest absolute Gasteiger partial charge is 0.330 e. The number of nitrogens with zero attached hydrogens (tertiary/aromatic N) is 1. The number of aryl methyl sites for hydroxylation is 1. The number of benzene rings is 1. The molecule has 3 nitrogen and oxygen atoms in total. The lowest BCUT2D eigenvalue weighted by Crippen LogP contribution is -2.01. The maximum atomic E-state index is 13.6. The van der Waals surface area contributed by atoms with Gasteiger partial charge in [-0.1, -0.05) is 18.2 Å². The van der Waals surface area contributed by atoms with Gasteiger partial charge in [-0.15, -0.1) is 0 Å². The van der Waals surface area contributed by atoms with Crippen molar-refractivity contribution in [2.45, 2.75) is 12.8 Å². The number of H-pyrrole nitrogens is 1. The van der Waals surface area contributed by atoms with Crippen molar-refractivity contribution >= 4 is 0 Å². The van der Waals surface area contributed by atoms with Crippen molar-refractivity contribution in [1.82, 2.24) is 10.2 Å². The van der Waals surface area contributed by atoms with Crippen molar-refractivity contribution < 1.29 is 4.39 Å². The zero-order chi connectivity index (χ0) is 11.4. The van der Waals surface area contributed by atoms with Crippen LogP contribution in [0.25, 0.3) is 11.1 Å². The number of nitrogens with one attached hydrogen (secondary N) is 1. The highest BCUT2D eigenvalue weighted by Gasteiger charge is 2.10. The molecule has 0 aliphatic carbocycles. The molecule has 0 unspecified atom stereocenters. The van der Waals surface area contributed by atoms with E-state index in [1.54, 1.807) is 18.3 Å². The quantitative estimate of drug-likeness (QED) is 0.827. The third-order valence-electron chi connectivity index (χ3n) is 2.51. The molecule has 0 saturated heterocycles. The summed E-state index contributed by atoms with van der Waals surface area (Å²) in [4.78, 5) is 0. The second-order valence-corrected chi connectivity index (χ2v) is 3.63. The smallest absolute Gasteiger partial charge is 0.131 e. The molecule has 4 heteroatoms. The maximum Gasteiger partial charge on any atom is 0.131 e. The van der Waals surface area contributed by atoms with Crippen LogP contribution >= 0.6 is 0 Å². The first-order chi connectivity index (χ1) is 7.83. The highest BCUT2D eigenvalue weighted by atomic mass is 19.1. The van der Waals surface area contributed by atoms with E-state index >= 15 is 0 Å². The number of rotatable bonds is 4. The Morgan fingerprint density at radius 3 is 2.81 bits per heavy atom. The number of hydrogen-bond acceptors (Lipinski definition) is 2. The molecule has 3 N–H and O–H groups in total. The Morgan fingerprint density at radius 2 is 2.06 bits per heavy atom. The Balaban J connectivity index is 2.33. The van der Waals surface area contributed by atoms with E-state index in [0.29, 0.717) is 12.1 Å².